The van der Waals surface area contributed by atoms with Crippen LogP contribution in [0.5, 0.6) is 11.5 Å². The minimum atomic E-state index is -0.534. The molecule has 1 saturated heterocycles. The third kappa shape index (κ3) is 5.86. The lowest BCUT2D eigenvalue weighted by Crippen LogP contribution is -2.19. The Balaban J connectivity index is 0.000000229. The third-order valence-corrected chi connectivity index (χ3v) is 5.56. The monoisotopic (exact) mass is 438 g/mol. The first-order valence-corrected chi connectivity index (χ1v) is 10.5. The van der Waals surface area contributed by atoms with Crippen LogP contribution in [0.4, 0.5) is 0 Å². The van der Waals surface area contributed by atoms with E-state index < -0.39 is 6.04 Å². The number of furan rings is 1. The van der Waals surface area contributed by atoms with E-state index in [2.05, 4.69) is 37.1 Å². The summed E-state index contributed by atoms with van der Waals surface area (Å²) >= 11 is 1.53. The van der Waals surface area contributed by atoms with Crippen LogP contribution in [-0.2, 0) is 4.79 Å². The number of carbonyl (C=O) groups is 1. The quantitative estimate of drug-likeness (QED) is 0.585. The lowest BCUT2D eigenvalue weighted by Gasteiger charge is -2.08. The summed E-state index contributed by atoms with van der Waals surface area (Å²) in [6, 6.07) is 15.2. The minimum Gasteiger partial charge on any atom is -0.497 e. The summed E-state index contributed by atoms with van der Waals surface area (Å²) in [5, 5.41) is 5.60. The summed E-state index contributed by atoms with van der Waals surface area (Å²) in [5.41, 5.74) is 2.49. The fraction of sp³-hybridized carbons (Fsp3) is 0.208. The molecule has 2 N–H and O–H groups in total. The van der Waals surface area contributed by atoms with Gasteiger partial charge in [-0.1, -0.05) is 24.4 Å². The zero-order chi connectivity index (χ0) is 22.4. The Morgan fingerprint density at radius 2 is 1.61 bits per heavy atom. The summed E-state index contributed by atoms with van der Waals surface area (Å²) in [7, 11) is 3.32. The zero-order valence-corrected chi connectivity index (χ0v) is 18.8. The Hall–Kier alpha value is -3.32. The van der Waals surface area contributed by atoms with E-state index in [0.717, 1.165) is 21.3 Å². The van der Waals surface area contributed by atoms with Crippen LogP contribution in [0, 0.1) is 13.8 Å². The summed E-state index contributed by atoms with van der Waals surface area (Å²) < 4.78 is 15.7. The standard InChI is InChI=1S/C15H14N2O3S.C9H12O/c1-9-16-13(15(18)17-9)14-12(7-8-20-14)21-11-5-3-10(19-2)4-6-11;1-7-4-8(2)6-9(5-7)10-3/h3-8,13,16H,1H2,2H3,(H,17,18);4-6H,1-3H3. The first kappa shape index (κ1) is 22.4. The normalized spacial score (nSPS) is 14.9. The van der Waals surface area contributed by atoms with Gasteiger partial charge in [-0.25, -0.2) is 0 Å². The van der Waals surface area contributed by atoms with Crippen molar-refractivity contribution in [1.82, 2.24) is 10.6 Å². The lowest BCUT2D eigenvalue weighted by atomic mass is 10.1. The molecule has 1 aliphatic heterocycles. The van der Waals surface area contributed by atoms with Crippen molar-refractivity contribution in [3.05, 3.63) is 84.1 Å². The van der Waals surface area contributed by atoms with Crippen LogP contribution in [0.2, 0.25) is 0 Å². The number of nitrogens with one attached hydrogen (secondary N) is 2. The van der Waals surface area contributed by atoms with Gasteiger partial charge in [0.05, 0.1) is 31.2 Å². The van der Waals surface area contributed by atoms with Crippen molar-refractivity contribution in [2.45, 2.75) is 29.7 Å². The number of benzene rings is 2. The van der Waals surface area contributed by atoms with Crippen molar-refractivity contribution in [2.24, 2.45) is 0 Å². The number of methoxy groups -OCH3 is 2. The van der Waals surface area contributed by atoms with Crippen molar-refractivity contribution in [3.63, 3.8) is 0 Å². The molecular weight excluding hydrogens is 412 g/mol. The van der Waals surface area contributed by atoms with E-state index in [0.29, 0.717) is 11.6 Å². The summed E-state index contributed by atoms with van der Waals surface area (Å²) in [6.45, 7) is 7.82. The van der Waals surface area contributed by atoms with E-state index in [4.69, 9.17) is 13.9 Å². The zero-order valence-electron chi connectivity index (χ0n) is 18.0. The van der Waals surface area contributed by atoms with Crippen LogP contribution in [-0.4, -0.2) is 20.1 Å². The van der Waals surface area contributed by atoms with Gasteiger partial charge >= 0.3 is 0 Å². The predicted molar refractivity (Wildman–Crippen MR) is 121 cm³/mol. The second-order valence-electron chi connectivity index (χ2n) is 7.00. The molecule has 0 aliphatic carbocycles. The highest BCUT2D eigenvalue weighted by Crippen LogP contribution is 2.36. The number of aryl methyl sites for hydroxylation is 2. The van der Waals surface area contributed by atoms with E-state index >= 15 is 0 Å². The molecule has 2 heterocycles. The second-order valence-corrected chi connectivity index (χ2v) is 8.11. The number of hydrogen-bond donors (Lipinski definition) is 2. The molecule has 7 heteroatoms. The van der Waals surface area contributed by atoms with Gasteiger partial charge in [-0.2, -0.15) is 0 Å². The van der Waals surface area contributed by atoms with Crippen LogP contribution in [0.15, 0.2) is 81.4 Å². The van der Waals surface area contributed by atoms with Crippen LogP contribution in [0.1, 0.15) is 22.9 Å². The Morgan fingerprint density at radius 1 is 0.968 bits per heavy atom. The molecule has 1 unspecified atom stereocenters. The van der Waals surface area contributed by atoms with Crippen molar-refractivity contribution in [1.29, 1.82) is 0 Å². The summed E-state index contributed by atoms with van der Waals surface area (Å²) in [6.07, 6.45) is 1.58. The first-order valence-electron chi connectivity index (χ1n) is 9.67. The van der Waals surface area contributed by atoms with E-state index in [9.17, 15) is 4.79 Å². The van der Waals surface area contributed by atoms with Crippen LogP contribution in [0.3, 0.4) is 0 Å². The fourth-order valence-corrected chi connectivity index (χ4v) is 4.02. The van der Waals surface area contributed by atoms with Crippen molar-refractivity contribution < 1.29 is 18.7 Å². The number of hydrogen-bond acceptors (Lipinski definition) is 6. The molecule has 1 atom stereocenters. The van der Waals surface area contributed by atoms with Gasteiger partial charge in [-0.15, -0.1) is 0 Å². The fourth-order valence-electron chi connectivity index (χ4n) is 3.11. The van der Waals surface area contributed by atoms with Gasteiger partial charge in [0.15, 0.2) is 6.04 Å². The second kappa shape index (κ2) is 10.1. The van der Waals surface area contributed by atoms with Crippen molar-refractivity contribution in [2.75, 3.05) is 14.2 Å². The number of carbonyl (C=O) groups excluding carboxylic acids is 1. The maximum atomic E-state index is 11.9. The smallest absolute Gasteiger partial charge is 0.255 e. The molecule has 1 amide bonds. The third-order valence-electron chi connectivity index (χ3n) is 4.49. The lowest BCUT2D eigenvalue weighted by molar-refractivity contribution is -0.120. The topological polar surface area (TPSA) is 72.7 Å². The molecule has 1 aliphatic rings. The number of ether oxygens (including phenoxy) is 2. The van der Waals surface area contributed by atoms with E-state index in [1.807, 2.05) is 42.5 Å². The molecule has 1 fully saturated rings. The molecule has 3 aromatic rings. The average molecular weight is 439 g/mol. The van der Waals surface area contributed by atoms with Crippen molar-refractivity contribution in [3.8, 4) is 11.5 Å². The highest BCUT2D eigenvalue weighted by Gasteiger charge is 2.32. The Labute approximate surface area is 186 Å². The van der Waals surface area contributed by atoms with Crippen LogP contribution < -0.4 is 20.1 Å². The van der Waals surface area contributed by atoms with Gasteiger partial charge in [-0.3, -0.25) is 4.79 Å². The molecule has 0 spiro atoms. The minimum absolute atomic E-state index is 0.161. The molecule has 1 aromatic heterocycles. The molecule has 31 heavy (non-hydrogen) atoms. The van der Waals surface area contributed by atoms with Gasteiger partial charge in [-0.05, 0) is 67.4 Å². The number of amides is 1. The van der Waals surface area contributed by atoms with Gasteiger partial charge in [0.25, 0.3) is 5.91 Å². The molecule has 0 saturated carbocycles. The van der Waals surface area contributed by atoms with Crippen LogP contribution >= 0.6 is 11.8 Å². The molecule has 6 nitrogen and oxygen atoms in total. The molecule has 2 aromatic carbocycles. The van der Waals surface area contributed by atoms with E-state index in [-0.39, 0.29) is 5.91 Å². The molecule has 4 rings (SSSR count). The highest BCUT2D eigenvalue weighted by molar-refractivity contribution is 7.99. The van der Waals surface area contributed by atoms with Gasteiger partial charge in [0.1, 0.15) is 17.3 Å². The molecule has 0 radical (unpaired) electrons. The molecule has 0 bridgehead atoms. The van der Waals surface area contributed by atoms with E-state index in [1.54, 1.807) is 20.5 Å². The van der Waals surface area contributed by atoms with E-state index in [1.165, 1.54) is 22.9 Å². The summed E-state index contributed by atoms with van der Waals surface area (Å²) in [5.74, 6) is 2.66. The highest BCUT2D eigenvalue weighted by atomic mass is 32.2. The Bertz CT molecular complexity index is 1040. The Morgan fingerprint density at radius 3 is 2.16 bits per heavy atom. The first-order chi connectivity index (χ1) is 14.9. The van der Waals surface area contributed by atoms with Gasteiger partial charge in [0, 0.05) is 4.90 Å². The summed E-state index contributed by atoms with van der Waals surface area (Å²) in [4.78, 5) is 13.8. The molecule has 162 valence electrons. The van der Waals surface area contributed by atoms with Gasteiger partial charge in [0.2, 0.25) is 0 Å². The maximum Gasteiger partial charge on any atom is 0.255 e. The SMILES string of the molecule is C=C1NC(=O)C(c2occc2Sc2ccc(OC)cc2)N1.COc1cc(C)cc(C)c1. The predicted octanol–water partition coefficient (Wildman–Crippen LogP) is 4.98. The largest absolute Gasteiger partial charge is 0.497 e. The number of rotatable bonds is 5. The van der Waals surface area contributed by atoms with Crippen molar-refractivity contribution >= 4 is 17.7 Å². The van der Waals surface area contributed by atoms with Crippen LogP contribution in [0.25, 0.3) is 0 Å². The maximum absolute atomic E-state index is 11.9. The molecular formula is C24H26N2O4S. The average Bonchev–Trinajstić information content (AvgIpc) is 3.33. The Kier molecular flexibility index (Phi) is 7.31. The van der Waals surface area contributed by atoms with Gasteiger partial charge < -0.3 is 24.5 Å².